The van der Waals surface area contributed by atoms with Crippen LogP contribution >= 0.6 is 11.6 Å². The zero-order valence-corrected chi connectivity index (χ0v) is 10.8. The number of ether oxygens (including phenoxy) is 2. The van der Waals surface area contributed by atoms with Crippen LogP contribution in [0.5, 0.6) is 11.5 Å². The van der Waals surface area contributed by atoms with Crippen molar-refractivity contribution in [3.05, 3.63) is 22.2 Å². The minimum Gasteiger partial charge on any atom is -0.493 e. The van der Waals surface area contributed by atoms with Gasteiger partial charge in [0.15, 0.2) is 11.5 Å². The van der Waals surface area contributed by atoms with Crippen LogP contribution in [-0.4, -0.2) is 25.3 Å². The Bertz CT molecular complexity index is 429. The summed E-state index contributed by atoms with van der Waals surface area (Å²) in [6.07, 6.45) is 0.318. The number of carboxylic acids is 1. The fraction of sp³-hybridized carbons (Fsp3) is 0.417. The van der Waals surface area contributed by atoms with E-state index >= 15 is 0 Å². The summed E-state index contributed by atoms with van der Waals surface area (Å²) in [4.78, 5) is 10.6. The van der Waals surface area contributed by atoms with E-state index in [1.54, 1.807) is 6.07 Å². The maximum absolute atomic E-state index is 10.6. The van der Waals surface area contributed by atoms with Crippen molar-refractivity contribution >= 4 is 17.6 Å². The van der Waals surface area contributed by atoms with E-state index in [9.17, 15) is 4.79 Å². The molecule has 0 fully saturated rings. The minimum absolute atomic E-state index is 0.00267. The topological polar surface area (TPSA) is 55.8 Å². The molecule has 0 bridgehead atoms. The molecule has 0 spiro atoms. The molecular weight excluding hydrogens is 244 g/mol. The van der Waals surface area contributed by atoms with Crippen LogP contribution in [0.3, 0.4) is 0 Å². The largest absolute Gasteiger partial charge is 0.493 e. The molecule has 1 N–H and O–H groups in total. The molecule has 0 radical (unpaired) electrons. The summed E-state index contributed by atoms with van der Waals surface area (Å²) in [7, 11) is 3.04. The average Bonchev–Trinajstić information content (AvgIpc) is 2.29. The fourth-order valence-corrected chi connectivity index (χ4v) is 1.88. The van der Waals surface area contributed by atoms with E-state index in [1.165, 1.54) is 14.2 Å². The number of methoxy groups -OCH3 is 2. The SMILES string of the molecule is COc1cc(C)c(Cl)c(CCC(=O)O)c1OC. The van der Waals surface area contributed by atoms with Gasteiger partial charge in [-0.05, 0) is 25.0 Å². The molecule has 0 atom stereocenters. The lowest BCUT2D eigenvalue weighted by Gasteiger charge is -2.15. The first-order chi connectivity index (χ1) is 8.01. The summed E-state index contributed by atoms with van der Waals surface area (Å²) in [5, 5.41) is 9.24. The molecule has 0 amide bonds. The van der Waals surface area contributed by atoms with Crippen LogP contribution < -0.4 is 9.47 Å². The molecule has 0 aliphatic carbocycles. The summed E-state index contributed by atoms with van der Waals surface area (Å²) in [6, 6.07) is 1.77. The Labute approximate surface area is 105 Å². The monoisotopic (exact) mass is 258 g/mol. The van der Waals surface area contributed by atoms with E-state index in [0.29, 0.717) is 28.5 Å². The van der Waals surface area contributed by atoms with Crippen LogP contribution in [-0.2, 0) is 11.2 Å². The predicted molar refractivity (Wildman–Crippen MR) is 65.2 cm³/mol. The highest BCUT2D eigenvalue weighted by Crippen LogP contribution is 2.38. The van der Waals surface area contributed by atoms with Gasteiger partial charge in [0.2, 0.25) is 0 Å². The van der Waals surface area contributed by atoms with Gasteiger partial charge in [0.25, 0.3) is 0 Å². The van der Waals surface area contributed by atoms with E-state index < -0.39 is 5.97 Å². The summed E-state index contributed by atoms with van der Waals surface area (Å²) in [6.45, 7) is 1.84. The highest BCUT2D eigenvalue weighted by Gasteiger charge is 2.17. The summed E-state index contributed by atoms with van der Waals surface area (Å²) in [5.74, 6) is 0.197. The fourth-order valence-electron chi connectivity index (χ4n) is 1.64. The number of hydrogen-bond donors (Lipinski definition) is 1. The molecular formula is C12H15ClO4. The Balaban J connectivity index is 3.22. The Kier molecular flexibility index (Phi) is 4.63. The maximum Gasteiger partial charge on any atom is 0.303 e. The highest BCUT2D eigenvalue weighted by molar-refractivity contribution is 6.32. The van der Waals surface area contributed by atoms with Gasteiger partial charge in [-0.1, -0.05) is 11.6 Å². The van der Waals surface area contributed by atoms with Gasteiger partial charge < -0.3 is 14.6 Å². The molecule has 0 aliphatic rings. The second kappa shape index (κ2) is 5.77. The lowest BCUT2D eigenvalue weighted by Crippen LogP contribution is -2.03. The molecule has 0 unspecified atom stereocenters. The minimum atomic E-state index is -0.872. The van der Waals surface area contributed by atoms with E-state index in [0.717, 1.165) is 5.56 Å². The van der Waals surface area contributed by atoms with Crippen LogP contribution in [0.4, 0.5) is 0 Å². The van der Waals surface area contributed by atoms with Gasteiger partial charge in [0.1, 0.15) is 0 Å². The van der Waals surface area contributed by atoms with Gasteiger partial charge in [0.05, 0.1) is 19.2 Å². The first-order valence-electron chi connectivity index (χ1n) is 5.13. The Morgan fingerprint density at radius 3 is 2.53 bits per heavy atom. The van der Waals surface area contributed by atoms with Gasteiger partial charge in [-0.15, -0.1) is 0 Å². The number of aryl methyl sites for hydroxylation is 1. The van der Waals surface area contributed by atoms with E-state index in [4.69, 9.17) is 26.2 Å². The molecule has 1 aromatic carbocycles. The number of rotatable bonds is 5. The van der Waals surface area contributed by atoms with Gasteiger partial charge >= 0.3 is 5.97 Å². The summed E-state index contributed by atoms with van der Waals surface area (Å²) >= 11 is 6.16. The smallest absolute Gasteiger partial charge is 0.303 e. The molecule has 17 heavy (non-hydrogen) atoms. The number of aliphatic carboxylic acids is 1. The molecule has 0 saturated heterocycles. The van der Waals surface area contributed by atoms with Crippen LogP contribution in [0.2, 0.25) is 5.02 Å². The number of hydrogen-bond acceptors (Lipinski definition) is 3. The molecule has 4 nitrogen and oxygen atoms in total. The third kappa shape index (κ3) is 3.03. The van der Waals surface area contributed by atoms with Gasteiger partial charge in [-0.3, -0.25) is 4.79 Å². The molecule has 1 rings (SSSR count). The van der Waals surface area contributed by atoms with Gasteiger partial charge in [-0.2, -0.15) is 0 Å². The van der Waals surface area contributed by atoms with Crippen molar-refractivity contribution in [2.75, 3.05) is 14.2 Å². The Morgan fingerprint density at radius 1 is 1.41 bits per heavy atom. The number of carbonyl (C=O) groups is 1. The van der Waals surface area contributed by atoms with Gasteiger partial charge in [-0.25, -0.2) is 0 Å². The third-order valence-corrected chi connectivity index (χ3v) is 3.00. The molecule has 0 saturated carbocycles. The number of carboxylic acid groups (broad SMARTS) is 1. The Hall–Kier alpha value is -1.42. The molecule has 1 aromatic rings. The van der Waals surface area contributed by atoms with E-state index in [2.05, 4.69) is 0 Å². The number of benzene rings is 1. The summed E-state index contributed by atoms with van der Waals surface area (Å²) in [5.41, 5.74) is 1.51. The van der Waals surface area contributed by atoms with Crippen molar-refractivity contribution in [2.45, 2.75) is 19.8 Å². The van der Waals surface area contributed by atoms with Gasteiger partial charge in [0, 0.05) is 12.0 Å². The predicted octanol–water partition coefficient (Wildman–Crippen LogP) is 2.68. The van der Waals surface area contributed by atoms with Crippen molar-refractivity contribution in [1.29, 1.82) is 0 Å². The lowest BCUT2D eigenvalue weighted by atomic mass is 10.0. The first-order valence-corrected chi connectivity index (χ1v) is 5.50. The maximum atomic E-state index is 10.6. The van der Waals surface area contributed by atoms with Crippen LogP contribution in [0.1, 0.15) is 17.5 Å². The molecule has 0 aliphatic heterocycles. The second-order valence-corrected chi connectivity index (χ2v) is 3.99. The van der Waals surface area contributed by atoms with Crippen molar-refractivity contribution in [3.63, 3.8) is 0 Å². The van der Waals surface area contributed by atoms with Crippen LogP contribution in [0, 0.1) is 6.92 Å². The van der Waals surface area contributed by atoms with E-state index in [1.807, 2.05) is 6.92 Å². The molecule has 94 valence electrons. The normalized spacial score (nSPS) is 10.1. The lowest BCUT2D eigenvalue weighted by molar-refractivity contribution is -0.136. The molecule has 5 heteroatoms. The quantitative estimate of drug-likeness (QED) is 0.882. The molecule has 0 heterocycles. The standard InChI is InChI=1S/C12H15ClO4/c1-7-6-9(16-2)12(17-3)8(11(7)13)4-5-10(14)15/h6H,4-5H2,1-3H3,(H,14,15). The Morgan fingerprint density at radius 2 is 2.06 bits per heavy atom. The zero-order valence-electron chi connectivity index (χ0n) is 10.0. The van der Waals surface area contributed by atoms with Crippen molar-refractivity contribution < 1.29 is 19.4 Å². The number of halogens is 1. The molecule has 0 aromatic heterocycles. The van der Waals surface area contributed by atoms with Crippen LogP contribution in [0.15, 0.2) is 6.07 Å². The zero-order chi connectivity index (χ0) is 13.0. The average molecular weight is 259 g/mol. The van der Waals surface area contributed by atoms with Crippen LogP contribution in [0.25, 0.3) is 0 Å². The summed E-state index contributed by atoms with van der Waals surface area (Å²) < 4.78 is 10.4. The van der Waals surface area contributed by atoms with Crippen molar-refractivity contribution in [3.8, 4) is 11.5 Å². The van der Waals surface area contributed by atoms with Crippen molar-refractivity contribution in [2.24, 2.45) is 0 Å². The second-order valence-electron chi connectivity index (χ2n) is 3.62. The first kappa shape index (κ1) is 13.6. The third-order valence-electron chi connectivity index (χ3n) is 2.47. The van der Waals surface area contributed by atoms with Crippen molar-refractivity contribution in [1.82, 2.24) is 0 Å². The van der Waals surface area contributed by atoms with E-state index in [-0.39, 0.29) is 6.42 Å². The highest BCUT2D eigenvalue weighted by atomic mass is 35.5.